The van der Waals surface area contributed by atoms with E-state index in [2.05, 4.69) is 5.32 Å². The van der Waals surface area contributed by atoms with E-state index in [1.54, 1.807) is 17.0 Å². The van der Waals surface area contributed by atoms with Crippen molar-refractivity contribution in [3.05, 3.63) is 71.3 Å². The molecule has 2 amide bonds. The van der Waals surface area contributed by atoms with Crippen LogP contribution in [0, 0.1) is 11.6 Å². The fourth-order valence-electron chi connectivity index (χ4n) is 2.35. The summed E-state index contributed by atoms with van der Waals surface area (Å²) in [6, 6.07) is 11.4. The maximum Gasteiger partial charge on any atom is 0.251 e. The van der Waals surface area contributed by atoms with Gasteiger partial charge in [-0.1, -0.05) is 12.1 Å². The molecule has 0 bridgehead atoms. The number of halogens is 2. The van der Waals surface area contributed by atoms with Crippen LogP contribution < -0.4 is 5.32 Å². The first kappa shape index (κ1) is 18.6. The van der Waals surface area contributed by atoms with E-state index in [-0.39, 0.29) is 17.6 Å². The lowest BCUT2D eigenvalue weighted by Gasteiger charge is -2.21. The molecule has 0 heterocycles. The standard InChI is InChI=1S/C19H20F2N2O2/c1-14(24)23(12-10-15-2-6-17(20)7-3-15)13-11-22-19(25)16-4-8-18(21)9-5-16/h2-9H,10-13H2,1H3,(H,22,25). The zero-order chi connectivity index (χ0) is 18.2. The summed E-state index contributed by atoms with van der Waals surface area (Å²) in [6.45, 7) is 2.60. The molecule has 1 N–H and O–H groups in total. The first-order valence-electron chi connectivity index (χ1n) is 7.99. The van der Waals surface area contributed by atoms with Crippen molar-refractivity contribution >= 4 is 11.8 Å². The Balaban J connectivity index is 1.80. The second kappa shape index (κ2) is 8.92. The Labute approximate surface area is 145 Å². The van der Waals surface area contributed by atoms with Gasteiger partial charge in [0, 0.05) is 32.1 Å². The lowest BCUT2D eigenvalue weighted by Crippen LogP contribution is -2.38. The van der Waals surface area contributed by atoms with E-state index in [4.69, 9.17) is 0 Å². The van der Waals surface area contributed by atoms with E-state index < -0.39 is 5.82 Å². The van der Waals surface area contributed by atoms with Crippen LogP contribution in [0.2, 0.25) is 0 Å². The number of carbonyl (C=O) groups is 2. The van der Waals surface area contributed by atoms with Crippen LogP contribution in [-0.4, -0.2) is 36.3 Å². The Morgan fingerprint density at radius 1 is 0.920 bits per heavy atom. The first-order chi connectivity index (χ1) is 12.0. The molecule has 0 unspecified atom stereocenters. The molecule has 0 radical (unpaired) electrons. The van der Waals surface area contributed by atoms with Crippen LogP contribution in [-0.2, 0) is 11.2 Å². The Hall–Kier alpha value is -2.76. The number of rotatable bonds is 7. The Kier molecular flexibility index (Phi) is 6.62. The molecule has 0 aliphatic carbocycles. The summed E-state index contributed by atoms with van der Waals surface area (Å²) in [7, 11) is 0. The van der Waals surface area contributed by atoms with Gasteiger partial charge in [0.05, 0.1) is 0 Å². The van der Waals surface area contributed by atoms with Crippen LogP contribution in [0.4, 0.5) is 8.78 Å². The molecular weight excluding hydrogens is 326 g/mol. The number of carbonyl (C=O) groups excluding carboxylic acids is 2. The van der Waals surface area contributed by atoms with E-state index in [9.17, 15) is 18.4 Å². The lowest BCUT2D eigenvalue weighted by molar-refractivity contribution is -0.128. The molecule has 132 valence electrons. The number of hydrogen-bond donors (Lipinski definition) is 1. The van der Waals surface area contributed by atoms with Crippen LogP contribution in [0.3, 0.4) is 0 Å². The quantitative estimate of drug-likeness (QED) is 0.838. The van der Waals surface area contributed by atoms with E-state index in [1.165, 1.54) is 43.3 Å². The first-order valence-corrected chi connectivity index (χ1v) is 7.99. The minimum Gasteiger partial charge on any atom is -0.350 e. The molecule has 0 aliphatic rings. The zero-order valence-corrected chi connectivity index (χ0v) is 14.0. The van der Waals surface area contributed by atoms with E-state index in [0.717, 1.165) is 5.56 Å². The van der Waals surface area contributed by atoms with E-state index >= 15 is 0 Å². The normalized spacial score (nSPS) is 10.4. The van der Waals surface area contributed by atoms with Crippen molar-refractivity contribution in [2.24, 2.45) is 0 Å². The van der Waals surface area contributed by atoms with E-state index in [0.29, 0.717) is 31.6 Å². The second-order valence-corrected chi connectivity index (χ2v) is 5.65. The molecule has 6 heteroatoms. The van der Waals surface area contributed by atoms with Gasteiger partial charge >= 0.3 is 0 Å². The summed E-state index contributed by atoms with van der Waals surface area (Å²) in [5.41, 5.74) is 1.30. The number of amides is 2. The molecule has 0 saturated heterocycles. The van der Waals surface area contributed by atoms with Crippen LogP contribution in [0.5, 0.6) is 0 Å². The highest BCUT2D eigenvalue weighted by molar-refractivity contribution is 5.94. The van der Waals surface area contributed by atoms with Gasteiger partial charge in [0.15, 0.2) is 0 Å². The molecular formula is C19H20F2N2O2. The summed E-state index contributed by atoms with van der Waals surface area (Å²) >= 11 is 0. The molecule has 0 saturated carbocycles. The Morgan fingerprint density at radius 3 is 2.04 bits per heavy atom. The Morgan fingerprint density at radius 2 is 1.48 bits per heavy atom. The number of nitrogens with one attached hydrogen (secondary N) is 1. The molecule has 0 atom stereocenters. The molecule has 2 rings (SSSR count). The van der Waals surface area contributed by atoms with Gasteiger partial charge in [0.25, 0.3) is 5.91 Å². The third-order valence-corrected chi connectivity index (χ3v) is 3.80. The predicted molar refractivity (Wildman–Crippen MR) is 91.1 cm³/mol. The van der Waals surface area contributed by atoms with Crippen molar-refractivity contribution in [2.45, 2.75) is 13.3 Å². The minimum atomic E-state index is -0.403. The van der Waals surface area contributed by atoms with Gasteiger partial charge in [0.2, 0.25) is 5.91 Å². The molecule has 0 spiro atoms. The zero-order valence-electron chi connectivity index (χ0n) is 14.0. The lowest BCUT2D eigenvalue weighted by atomic mass is 10.1. The van der Waals surface area contributed by atoms with Crippen LogP contribution >= 0.6 is 0 Å². The average Bonchev–Trinajstić information content (AvgIpc) is 2.59. The number of benzene rings is 2. The molecule has 0 aromatic heterocycles. The maximum absolute atomic E-state index is 12.9. The van der Waals surface area contributed by atoms with Gasteiger partial charge < -0.3 is 10.2 Å². The van der Waals surface area contributed by atoms with Crippen LogP contribution in [0.25, 0.3) is 0 Å². The minimum absolute atomic E-state index is 0.0989. The highest BCUT2D eigenvalue weighted by atomic mass is 19.1. The van der Waals surface area contributed by atoms with Crippen molar-refractivity contribution in [3.63, 3.8) is 0 Å². The van der Waals surface area contributed by atoms with Gasteiger partial charge in [-0.2, -0.15) is 0 Å². The Bertz CT molecular complexity index is 715. The predicted octanol–water partition coefficient (Wildman–Crippen LogP) is 2.79. The van der Waals surface area contributed by atoms with Crippen LogP contribution in [0.1, 0.15) is 22.8 Å². The summed E-state index contributed by atoms with van der Waals surface area (Å²) < 4.78 is 25.7. The third kappa shape index (κ3) is 5.99. The summed E-state index contributed by atoms with van der Waals surface area (Å²) in [6.07, 6.45) is 0.603. The largest absolute Gasteiger partial charge is 0.350 e. The number of nitrogens with zero attached hydrogens (tertiary/aromatic N) is 1. The van der Waals surface area contributed by atoms with Crippen molar-refractivity contribution in [1.82, 2.24) is 10.2 Å². The van der Waals surface area contributed by atoms with Gasteiger partial charge in [-0.3, -0.25) is 9.59 Å². The fraction of sp³-hybridized carbons (Fsp3) is 0.263. The highest BCUT2D eigenvalue weighted by Crippen LogP contribution is 2.05. The van der Waals surface area contributed by atoms with Gasteiger partial charge in [-0.05, 0) is 48.4 Å². The van der Waals surface area contributed by atoms with Crippen molar-refractivity contribution in [3.8, 4) is 0 Å². The fourth-order valence-corrected chi connectivity index (χ4v) is 2.35. The molecule has 2 aromatic carbocycles. The molecule has 25 heavy (non-hydrogen) atoms. The number of hydrogen-bond acceptors (Lipinski definition) is 2. The van der Waals surface area contributed by atoms with Crippen molar-refractivity contribution in [1.29, 1.82) is 0 Å². The second-order valence-electron chi connectivity index (χ2n) is 5.65. The smallest absolute Gasteiger partial charge is 0.251 e. The van der Waals surface area contributed by atoms with Crippen molar-refractivity contribution in [2.75, 3.05) is 19.6 Å². The van der Waals surface area contributed by atoms with Gasteiger partial charge in [-0.25, -0.2) is 8.78 Å². The maximum atomic E-state index is 12.9. The topological polar surface area (TPSA) is 49.4 Å². The van der Waals surface area contributed by atoms with Crippen molar-refractivity contribution < 1.29 is 18.4 Å². The van der Waals surface area contributed by atoms with Gasteiger partial charge in [0.1, 0.15) is 11.6 Å². The third-order valence-electron chi connectivity index (χ3n) is 3.80. The summed E-state index contributed by atoms with van der Waals surface area (Å²) in [4.78, 5) is 25.3. The summed E-state index contributed by atoms with van der Waals surface area (Å²) in [5, 5.41) is 2.70. The molecule has 4 nitrogen and oxygen atoms in total. The highest BCUT2D eigenvalue weighted by Gasteiger charge is 2.10. The summed E-state index contributed by atoms with van der Waals surface area (Å²) in [5.74, 6) is -1.11. The van der Waals surface area contributed by atoms with Crippen LogP contribution in [0.15, 0.2) is 48.5 Å². The molecule has 0 aliphatic heterocycles. The SMILES string of the molecule is CC(=O)N(CCNC(=O)c1ccc(F)cc1)CCc1ccc(F)cc1. The monoisotopic (exact) mass is 346 g/mol. The molecule has 2 aromatic rings. The molecule has 0 fully saturated rings. The van der Waals surface area contributed by atoms with Gasteiger partial charge in [-0.15, -0.1) is 0 Å². The average molecular weight is 346 g/mol. The van der Waals surface area contributed by atoms with E-state index in [1.807, 2.05) is 0 Å².